The fourth-order valence-corrected chi connectivity index (χ4v) is 3.95. The van der Waals surface area contributed by atoms with Gasteiger partial charge in [-0.3, -0.25) is 9.79 Å². The summed E-state index contributed by atoms with van der Waals surface area (Å²) in [5.41, 5.74) is 0.508. The molecule has 1 aromatic heterocycles. The summed E-state index contributed by atoms with van der Waals surface area (Å²) in [6.07, 6.45) is 4.54. The monoisotopic (exact) mass is 432 g/mol. The maximum absolute atomic E-state index is 12.7. The molecule has 162 valence electrons. The summed E-state index contributed by atoms with van der Waals surface area (Å²) in [4.78, 5) is 23.1. The van der Waals surface area contributed by atoms with Gasteiger partial charge in [0.25, 0.3) is 0 Å². The normalized spacial score (nSPS) is 15.8. The number of carbonyl (C=O) groups excluding carboxylic acids is 1. The molecule has 0 unspecified atom stereocenters. The van der Waals surface area contributed by atoms with Crippen LogP contribution in [0.25, 0.3) is 11.4 Å². The summed E-state index contributed by atoms with van der Waals surface area (Å²) < 4.78 is 5.34. The van der Waals surface area contributed by atoms with Crippen LogP contribution in [0.4, 0.5) is 0 Å². The molecule has 1 aliphatic carbocycles. The van der Waals surface area contributed by atoms with Crippen LogP contribution in [0.5, 0.6) is 0 Å². The van der Waals surface area contributed by atoms with Crippen LogP contribution in [-0.2, 0) is 11.2 Å². The molecule has 1 amide bonds. The molecule has 1 fully saturated rings. The van der Waals surface area contributed by atoms with E-state index in [-0.39, 0.29) is 11.3 Å². The van der Waals surface area contributed by atoms with Crippen molar-refractivity contribution >= 4 is 23.5 Å². The maximum atomic E-state index is 12.7. The number of rotatable bonds is 7. The molecule has 1 saturated carbocycles. The van der Waals surface area contributed by atoms with Gasteiger partial charge in [-0.25, -0.2) is 0 Å². The first-order valence-corrected chi connectivity index (χ1v) is 10.6. The second kappa shape index (κ2) is 9.93. The highest BCUT2D eigenvalue weighted by Gasteiger charge is 2.42. The Morgan fingerprint density at radius 3 is 2.57 bits per heavy atom. The Hall–Kier alpha value is -2.61. The number of halogens is 1. The summed E-state index contributed by atoms with van der Waals surface area (Å²) in [5.74, 6) is 1.92. The second-order valence-electron chi connectivity index (χ2n) is 7.81. The first kappa shape index (κ1) is 22.1. The fourth-order valence-electron chi connectivity index (χ4n) is 3.83. The van der Waals surface area contributed by atoms with Gasteiger partial charge in [0.2, 0.25) is 17.6 Å². The van der Waals surface area contributed by atoms with Crippen LogP contribution in [0, 0.1) is 5.41 Å². The summed E-state index contributed by atoms with van der Waals surface area (Å²) in [7, 11) is 5.35. The topological polar surface area (TPSA) is 95.6 Å². The number of hydrogen-bond donors (Lipinski definition) is 2. The van der Waals surface area contributed by atoms with Crippen molar-refractivity contribution in [2.45, 2.75) is 32.1 Å². The minimum absolute atomic E-state index is 0.184. The van der Waals surface area contributed by atoms with Crippen molar-refractivity contribution in [3.63, 3.8) is 0 Å². The van der Waals surface area contributed by atoms with Crippen molar-refractivity contribution in [2.75, 3.05) is 34.2 Å². The molecule has 1 heterocycles. The van der Waals surface area contributed by atoms with E-state index in [2.05, 4.69) is 25.8 Å². The maximum Gasteiger partial charge on any atom is 0.230 e. The average molecular weight is 433 g/mol. The van der Waals surface area contributed by atoms with Crippen molar-refractivity contribution in [3.8, 4) is 11.4 Å². The number of amides is 1. The van der Waals surface area contributed by atoms with Crippen LogP contribution in [-0.4, -0.2) is 61.1 Å². The zero-order chi connectivity index (χ0) is 21.6. The van der Waals surface area contributed by atoms with Crippen molar-refractivity contribution < 1.29 is 9.32 Å². The molecule has 1 aliphatic rings. The lowest BCUT2D eigenvalue weighted by Gasteiger charge is -2.31. The number of aromatic nitrogens is 2. The van der Waals surface area contributed by atoms with Gasteiger partial charge in [0.15, 0.2) is 5.96 Å². The molecule has 0 aliphatic heterocycles. The van der Waals surface area contributed by atoms with Crippen LogP contribution in [0.2, 0.25) is 5.02 Å². The first-order chi connectivity index (χ1) is 14.4. The van der Waals surface area contributed by atoms with Crippen molar-refractivity contribution in [2.24, 2.45) is 10.4 Å². The number of guanidine groups is 1. The van der Waals surface area contributed by atoms with Crippen LogP contribution in [0.15, 0.2) is 33.8 Å². The first-order valence-electron chi connectivity index (χ1n) is 10.2. The standard InChI is InChI=1S/C21H29ClN6O2/c1-23-20(25-14-21(11-4-5-12-21)19(29)28(2)3)24-13-10-17-26-18(27-30-17)15-6-8-16(22)9-7-15/h6-9H,4-5,10-14H2,1-3H3,(H2,23,24,25). The number of aliphatic imine (C=N–C) groups is 1. The number of nitrogens with one attached hydrogen (secondary N) is 2. The zero-order valence-corrected chi connectivity index (χ0v) is 18.5. The molecule has 1 aromatic carbocycles. The van der Waals surface area contributed by atoms with Gasteiger partial charge in [-0.1, -0.05) is 29.6 Å². The third-order valence-corrected chi connectivity index (χ3v) is 5.69. The van der Waals surface area contributed by atoms with Crippen LogP contribution in [0.3, 0.4) is 0 Å². The summed E-state index contributed by atoms with van der Waals surface area (Å²) in [6.45, 7) is 1.15. The molecule has 0 atom stereocenters. The number of nitrogens with zero attached hydrogens (tertiary/aromatic N) is 4. The van der Waals surface area contributed by atoms with E-state index in [0.29, 0.717) is 42.2 Å². The SMILES string of the molecule is CN=C(NCCc1nc(-c2ccc(Cl)cc2)no1)NCC1(C(=O)N(C)C)CCCC1. The lowest BCUT2D eigenvalue weighted by Crippen LogP contribution is -2.49. The minimum Gasteiger partial charge on any atom is -0.356 e. The van der Waals surface area contributed by atoms with Crippen molar-refractivity contribution in [1.82, 2.24) is 25.7 Å². The number of hydrogen-bond acceptors (Lipinski definition) is 5. The van der Waals surface area contributed by atoms with E-state index in [9.17, 15) is 4.79 Å². The van der Waals surface area contributed by atoms with Crippen LogP contribution < -0.4 is 10.6 Å². The molecule has 0 spiro atoms. The van der Waals surface area contributed by atoms with Gasteiger partial charge in [-0.05, 0) is 37.1 Å². The van der Waals surface area contributed by atoms with E-state index < -0.39 is 0 Å². The molecule has 0 bridgehead atoms. The third kappa shape index (κ3) is 5.30. The van der Waals surface area contributed by atoms with E-state index in [0.717, 1.165) is 31.2 Å². The highest BCUT2D eigenvalue weighted by Crippen LogP contribution is 2.38. The van der Waals surface area contributed by atoms with Gasteiger partial charge in [-0.15, -0.1) is 0 Å². The highest BCUT2D eigenvalue weighted by atomic mass is 35.5. The lowest BCUT2D eigenvalue weighted by atomic mass is 9.84. The molecule has 30 heavy (non-hydrogen) atoms. The van der Waals surface area contributed by atoms with E-state index in [1.807, 2.05) is 26.2 Å². The highest BCUT2D eigenvalue weighted by molar-refractivity contribution is 6.30. The van der Waals surface area contributed by atoms with Crippen LogP contribution >= 0.6 is 11.6 Å². The Bertz CT molecular complexity index is 872. The summed E-state index contributed by atoms with van der Waals surface area (Å²) in [5, 5.41) is 11.3. The number of carbonyl (C=O) groups is 1. The Kier molecular flexibility index (Phi) is 7.31. The summed E-state index contributed by atoms with van der Waals surface area (Å²) >= 11 is 5.91. The molecule has 2 aromatic rings. The largest absolute Gasteiger partial charge is 0.356 e. The zero-order valence-electron chi connectivity index (χ0n) is 17.7. The predicted molar refractivity (Wildman–Crippen MR) is 117 cm³/mol. The number of benzene rings is 1. The molecule has 3 rings (SSSR count). The van der Waals surface area contributed by atoms with E-state index >= 15 is 0 Å². The smallest absolute Gasteiger partial charge is 0.230 e. The molecular weight excluding hydrogens is 404 g/mol. The predicted octanol–water partition coefficient (Wildman–Crippen LogP) is 2.75. The van der Waals surface area contributed by atoms with Crippen molar-refractivity contribution in [3.05, 3.63) is 35.2 Å². The van der Waals surface area contributed by atoms with E-state index in [4.69, 9.17) is 16.1 Å². The second-order valence-corrected chi connectivity index (χ2v) is 8.24. The van der Waals surface area contributed by atoms with Gasteiger partial charge in [0.05, 0.1) is 5.41 Å². The van der Waals surface area contributed by atoms with Gasteiger partial charge < -0.3 is 20.1 Å². The Labute approximate surface area is 182 Å². The molecule has 9 heteroatoms. The average Bonchev–Trinajstić information content (AvgIpc) is 3.41. The minimum atomic E-state index is -0.346. The Morgan fingerprint density at radius 1 is 1.23 bits per heavy atom. The van der Waals surface area contributed by atoms with Crippen molar-refractivity contribution in [1.29, 1.82) is 0 Å². The molecule has 8 nitrogen and oxygen atoms in total. The lowest BCUT2D eigenvalue weighted by molar-refractivity contribution is -0.138. The quantitative estimate of drug-likeness (QED) is 0.516. The fraction of sp³-hybridized carbons (Fsp3) is 0.524. The molecule has 0 saturated heterocycles. The van der Waals surface area contributed by atoms with E-state index in [1.54, 1.807) is 24.1 Å². The molecule has 2 N–H and O–H groups in total. The van der Waals surface area contributed by atoms with Gasteiger partial charge in [0.1, 0.15) is 0 Å². The Morgan fingerprint density at radius 2 is 1.93 bits per heavy atom. The molecule has 0 radical (unpaired) electrons. The molecular formula is C21H29ClN6O2. The third-order valence-electron chi connectivity index (χ3n) is 5.44. The van der Waals surface area contributed by atoms with Gasteiger partial charge >= 0.3 is 0 Å². The van der Waals surface area contributed by atoms with Crippen LogP contribution in [0.1, 0.15) is 31.6 Å². The Balaban J connectivity index is 1.50. The van der Waals surface area contributed by atoms with Gasteiger partial charge in [0, 0.05) is 51.2 Å². The van der Waals surface area contributed by atoms with Gasteiger partial charge in [-0.2, -0.15) is 4.98 Å². The summed E-state index contributed by atoms with van der Waals surface area (Å²) in [6, 6.07) is 7.30. The van der Waals surface area contributed by atoms with E-state index in [1.165, 1.54) is 0 Å².